The van der Waals surface area contributed by atoms with E-state index in [1.54, 1.807) is 29.7 Å². The molecule has 1 fully saturated rings. The summed E-state index contributed by atoms with van der Waals surface area (Å²) in [5.74, 6) is -0.413. The molecule has 7 nitrogen and oxygen atoms in total. The van der Waals surface area contributed by atoms with Crippen molar-refractivity contribution < 1.29 is 14.3 Å². The second kappa shape index (κ2) is 8.54. The quantitative estimate of drug-likeness (QED) is 0.799. The molecule has 3 rings (SSSR count). The molecule has 0 bridgehead atoms. The number of nitrogens with one attached hydrogen (secondary N) is 1. The minimum absolute atomic E-state index is 0.140. The Morgan fingerprint density at radius 3 is 2.75 bits per heavy atom. The molecule has 0 saturated heterocycles. The zero-order valence-corrected chi connectivity index (χ0v) is 16.7. The molecule has 1 heterocycles. The molecular weight excluding hydrogens is 358 g/mol. The van der Waals surface area contributed by atoms with Gasteiger partial charge in [0.05, 0.1) is 16.6 Å². The van der Waals surface area contributed by atoms with E-state index in [0.29, 0.717) is 34.8 Å². The van der Waals surface area contributed by atoms with E-state index in [1.807, 2.05) is 6.92 Å². The third-order valence-corrected chi connectivity index (χ3v) is 5.45. The zero-order chi connectivity index (χ0) is 20.3. The van der Waals surface area contributed by atoms with Gasteiger partial charge in [-0.15, -0.1) is 0 Å². The first-order chi connectivity index (χ1) is 13.4. The molecule has 150 valence electrons. The van der Waals surface area contributed by atoms with E-state index in [9.17, 15) is 14.4 Å². The van der Waals surface area contributed by atoms with Gasteiger partial charge in [-0.25, -0.2) is 9.78 Å². The molecule has 7 heteroatoms. The Labute approximate surface area is 164 Å². The molecule has 1 saturated carbocycles. The van der Waals surface area contributed by atoms with Crippen LogP contribution in [0, 0.1) is 12.8 Å². The van der Waals surface area contributed by atoms with Crippen LogP contribution in [0.15, 0.2) is 23.0 Å². The Bertz CT molecular complexity index is 951. The highest BCUT2D eigenvalue weighted by Crippen LogP contribution is 2.23. The lowest BCUT2D eigenvalue weighted by atomic mass is 9.86. The third kappa shape index (κ3) is 4.24. The number of hydrogen-bond acceptors (Lipinski definition) is 5. The average Bonchev–Trinajstić information content (AvgIpc) is 2.68. The molecular formula is C21H27N3O4. The lowest BCUT2D eigenvalue weighted by Gasteiger charge is -2.29. The van der Waals surface area contributed by atoms with Crippen molar-refractivity contribution in [2.45, 2.75) is 59.0 Å². The number of ether oxygens (including phenoxy) is 1. The molecule has 2 atom stereocenters. The summed E-state index contributed by atoms with van der Waals surface area (Å²) in [5, 5.41) is 2.97. The highest BCUT2D eigenvalue weighted by atomic mass is 16.5. The Morgan fingerprint density at radius 1 is 1.29 bits per heavy atom. The Balaban J connectivity index is 1.67. The van der Waals surface area contributed by atoms with Crippen molar-refractivity contribution in [3.8, 4) is 0 Å². The molecule has 0 radical (unpaired) electrons. The van der Waals surface area contributed by atoms with Gasteiger partial charge in [0.2, 0.25) is 0 Å². The average molecular weight is 385 g/mol. The van der Waals surface area contributed by atoms with Gasteiger partial charge in [-0.3, -0.25) is 9.59 Å². The van der Waals surface area contributed by atoms with Crippen LogP contribution in [0.3, 0.4) is 0 Å². The van der Waals surface area contributed by atoms with E-state index < -0.39 is 5.97 Å². The van der Waals surface area contributed by atoms with Crippen molar-refractivity contribution in [3.63, 3.8) is 0 Å². The van der Waals surface area contributed by atoms with E-state index >= 15 is 0 Å². The second-order valence-corrected chi connectivity index (χ2v) is 7.46. The second-order valence-electron chi connectivity index (χ2n) is 7.46. The van der Waals surface area contributed by atoms with E-state index in [0.717, 1.165) is 19.3 Å². The number of esters is 1. The highest BCUT2D eigenvalue weighted by molar-refractivity contribution is 5.94. The molecule has 1 aromatic heterocycles. The maximum atomic E-state index is 12.4. The highest BCUT2D eigenvalue weighted by Gasteiger charge is 2.23. The van der Waals surface area contributed by atoms with Gasteiger partial charge in [-0.1, -0.05) is 19.8 Å². The third-order valence-electron chi connectivity index (χ3n) is 5.45. The van der Waals surface area contributed by atoms with Crippen LogP contribution in [-0.2, 0) is 16.1 Å². The smallest absolute Gasteiger partial charge is 0.338 e. The minimum atomic E-state index is -0.581. The fourth-order valence-corrected chi connectivity index (χ4v) is 3.81. The van der Waals surface area contributed by atoms with Gasteiger partial charge >= 0.3 is 5.97 Å². The van der Waals surface area contributed by atoms with Gasteiger partial charge in [0, 0.05) is 12.6 Å². The van der Waals surface area contributed by atoms with Gasteiger partial charge in [0.1, 0.15) is 5.69 Å². The van der Waals surface area contributed by atoms with E-state index in [1.165, 1.54) is 6.42 Å². The summed E-state index contributed by atoms with van der Waals surface area (Å²) in [4.78, 5) is 40.9. The summed E-state index contributed by atoms with van der Waals surface area (Å²) < 4.78 is 6.80. The van der Waals surface area contributed by atoms with Crippen molar-refractivity contribution in [1.82, 2.24) is 14.9 Å². The first kappa shape index (κ1) is 20.0. The number of hydrogen-bond donors (Lipinski definition) is 1. The molecule has 0 spiro atoms. The molecule has 2 aromatic rings. The predicted molar refractivity (Wildman–Crippen MR) is 106 cm³/mol. The lowest BCUT2D eigenvalue weighted by Crippen LogP contribution is -2.42. The number of carbonyl (C=O) groups excluding carboxylic acids is 2. The summed E-state index contributed by atoms with van der Waals surface area (Å²) in [6.07, 6.45) is 4.39. The zero-order valence-electron chi connectivity index (χ0n) is 16.7. The summed E-state index contributed by atoms with van der Waals surface area (Å²) in [6, 6.07) is 5.03. The van der Waals surface area contributed by atoms with Gasteiger partial charge in [-0.2, -0.15) is 0 Å². The van der Waals surface area contributed by atoms with Crippen LogP contribution in [0.4, 0.5) is 0 Å². The fraction of sp³-hybridized carbons (Fsp3) is 0.524. The normalized spacial score (nSPS) is 19.4. The minimum Gasteiger partial charge on any atom is -0.452 e. The fourth-order valence-electron chi connectivity index (χ4n) is 3.81. The van der Waals surface area contributed by atoms with Crippen molar-refractivity contribution >= 4 is 22.9 Å². The molecule has 1 aromatic carbocycles. The molecule has 1 aliphatic rings. The molecule has 0 aliphatic heterocycles. The summed E-state index contributed by atoms with van der Waals surface area (Å²) in [7, 11) is 0. The largest absolute Gasteiger partial charge is 0.452 e. The molecule has 0 unspecified atom stereocenters. The Hall–Kier alpha value is -2.70. The number of aryl methyl sites for hydroxylation is 2. The SMILES string of the molecule is CCn1c(=O)c(C)nc2cc(C(=O)OCC(=O)N[C@@H]3CCCC[C@@H]3C)ccc21. The Morgan fingerprint density at radius 2 is 2.04 bits per heavy atom. The first-order valence-electron chi connectivity index (χ1n) is 9.88. The van der Waals surface area contributed by atoms with E-state index in [4.69, 9.17) is 4.74 Å². The Kier molecular flexibility index (Phi) is 6.11. The van der Waals surface area contributed by atoms with Crippen LogP contribution in [0.1, 0.15) is 55.6 Å². The molecule has 28 heavy (non-hydrogen) atoms. The molecule has 1 N–H and O–H groups in total. The van der Waals surface area contributed by atoms with Crippen LogP contribution in [0.25, 0.3) is 11.0 Å². The standard InChI is InChI=1S/C21H27N3O4/c1-4-24-18-10-9-15(11-17(18)22-14(3)20(24)26)21(27)28-12-19(25)23-16-8-6-5-7-13(16)2/h9-11,13,16H,4-8,12H2,1-3H3,(H,23,25)/t13-,16+/m0/s1. The lowest BCUT2D eigenvalue weighted by molar-refractivity contribution is -0.125. The predicted octanol–water partition coefficient (Wildman–Crippen LogP) is 2.58. The number of rotatable bonds is 5. The number of carbonyl (C=O) groups is 2. The van der Waals surface area contributed by atoms with Crippen molar-refractivity contribution in [2.75, 3.05) is 6.61 Å². The van der Waals surface area contributed by atoms with E-state index in [2.05, 4.69) is 17.2 Å². The first-order valence-corrected chi connectivity index (χ1v) is 9.88. The van der Waals surface area contributed by atoms with Gasteiger partial charge < -0.3 is 14.6 Å². The van der Waals surface area contributed by atoms with Gasteiger partial charge in [0.25, 0.3) is 11.5 Å². The van der Waals surface area contributed by atoms with Crippen LogP contribution >= 0.6 is 0 Å². The number of benzene rings is 1. The van der Waals surface area contributed by atoms with Crippen LogP contribution in [-0.4, -0.2) is 34.1 Å². The number of amides is 1. The van der Waals surface area contributed by atoms with Crippen LogP contribution < -0.4 is 10.9 Å². The van der Waals surface area contributed by atoms with Crippen molar-refractivity contribution in [2.24, 2.45) is 5.92 Å². The summed E-state index contributed by atoms with van der Waals surface area (Å²) in [6.45, 7) is 5.88. The monoisotopic (exact) mass is 385 g/mol. The van der Waals surface area contributed by atoms with Crippen molar-refractivity contribution in [3.05, 3.63) is 39.8 Å². The van der Waals surface area contributed by atoms with Gasteiger partial charge in [-0.05, 0) is 50.8 Å². The number of nitrogens with zero attached hydrogens (tertiary/aromatic N) is 2. The van der Waals surface area contributed by atoms with E-state index in [-0.39, 0.29) is 24.1 Å². The summed E-state index contributed by atoms with van der Waals surface area (Å²) in [5.41, 5.74) is 1.76. The number of fused-ring (bicyclic) bond motifs is 1. The molecule has 1 amide bonds. The maximum Gasteiger partial charge on any atom is 0.338 e. The van der Waals surface area contributed by atoms with Crippen molar-refractivity contribution in [1.29, 1.82) is 0 Å². The van der Waals surface area contributed by atoms with Gasteiger partial charge in [0.15, 0.2) is 6.61 Å². The number of aromatic nitrogens is 2. The topological polar surface area (TPSA) is 90.3 Å². The molecule has 1 aliphatic carbocycles. The van der Waals surface area contributed by atoms with Crippen LogP contribution in [0.2, 0.25) is 0 Å². The summed E-state index contributed by atoms with van der Waals surface area (Å²) >= 11 is 0. The maximum absolute atomic E-state index is 12.4. The van der Waals surface area contributed by atoms with Crippen LogP contribution in [0.5, 0.6) is 0 Å².